The highest BCUT2D eigenvalue weighted by atomic mass is 79.9. The molecule has 0 saturated heterocycles. The molecule has 0 atom stereocenters. The summed E-state index contributed by atoms with van der Waals surface area (Å²) in [6.07, 6.45) is 0. The number of hydrogen-bond donors (Lipinski definition) is 2. The highest BCUT2D eigenvalue weighted by molar-refractivity contribution is 9.10. The van der Waals surface area contributed by atoms with E-state index in [9.17, 15) is 19.3 Å². The van der Waals surface area contributed by atoms with Crippen molar-refractivity contribution in [1.29, 1.82) is 0 Å². The summed E-state index contributed by atoms with van der Waals surface area (Å²) in [5.74, 6) is -1.76. The standard InChI is InChI=1S/C13H8BrFN2O4/c14-10-5-7(1-3-11(10)15)16-12-4-2-8(17(20)21)6-9(12)13(18)19/h1-6,16H,(H,18,19). The SMILES string of the molecule is O=C(O)c1cc([N+](=O)[O-])ccc1Nc1ccc(F)c(Br)c1. The maximum absolute atomic E-state index is 13.1. The van der Waals surface area contributed by atoms with Gasteiger partial charge in [0, 0.05) is 17.8 Å². The Balaban J connectivity index is 2.41. The molecule has 21 heavy (non-hydrogen) atoms. The van der Waals surface area contributed by atoms with Crippen LogP contribution in [0.2, 0.25) is 0 Å². The molecule has 2 N–H and O–H groups in total. The van der Waals surface area contributed by atoms with Gasteiger partial charge in [0.15, 0.2) is 0 Å². The van der Waals surface area contributed by atoms with Crippen molar-refractivity contribution in [3.63, 3.8) is 0 Å². The lowest BCUT2D eigenvalue weighted by Crippen LogP contribution is -2.04. The van der Waals surface area contributed by atoms with Crippen LogP contribution in [0.1, 0.15) is 10.4 Å². The number of nitrogens with zero attached hydrogens (tertiary/aromatic N) is 1. The van der Waals surface area contributed by atoms with Crippen molar-refractivity contribution in [1.82, 2.24) is 0 Å². The normalized spacial score (nSPS) is 10.2. The first-order valence-corrected chi connectivity index (χ1v) is 6.41. The topological polar surface area (TPSA) is 92.5 Å². The zero-order valence-electron chi connectivity index (χ0n) is 10.3. The largest absolute Gasteiger partial charge is 0.478 e. The summed E-state index contributed by atoms with van der Waals surface area (Å²) in [4.78, 5) is 21.2. The molecule has 8 heteroatoms. The molecule has 0 bridgehead atoms. The molecule has 2 rings (SSSR count). The van der Waals surface area contributed by atoms with E-state index in [1.807, 2.05) is 0 Å². The summed E-state index contributed by atoms with van der Waals surface area (Å²) in [6.45, 7) is 0. The highest BCUT2D eigenvalue weighted by Gasteiger charge is 2.16. The van der Waals surface area contributed by atoms with Gasteiger partial charge < -0.3 is 10.4 Å². The Hall–Kier alpha value is -2.48. The first-order valence-electron chi connectivity index (χ1n) is 5.62. The number of nitro benzene ring substituents is 1. The Bertz CT molecular complexity index is 736. The third-order valence-electron chi connectivity index (χ3n) is 2.64. The number of aromatic carboxylic acids is 1. The van der Waals surface area contributed by atoms with Crippen molar-refractivity contribution in [2.75, 3.05) is 5.32 Å². The van der Waals surface area contributed by atoms with Crippen molar-refractivity contribution in [3.05, 3.63) is 62.4 Å². The third kappa shape index (κ3) is 3.34. The van der Waals surface area contributed by atoms with E-state index >= 15 is 0 Å². The van der Waals surface area contributed by atoms with Crippen LogP contribution in [-0.4, -0.2) is 16.0 Å². The number of nitro groups is 1. The number of anilines is 2. The van der Waals surface area contributed by atoms with E-state index in [0.29, 0.717) is 5.69 Å². The lowest BCUT2D eigenvalue weighted by atomic mass is 10.1. The quantitative estimate of drug-likeness (QED) is 0.640. The summed E-state index contributed by atoms with van der Waals surface area (Å²) >= 11 is 3.02. The Morgan fingerprint density at radius 3 is 2.57 bits per heavy atom. The van der Waals surface area contributed by atoms with Crippen LogP contribution in [0.3, 0.4) is 0 Å². The Morgan fingerprint density at radius 1 is 1.29 bits per heavy atom. The Morgan fingerprint density at radius 2 is 2.00 bits per heavy atom. The fourth-order valence-electron chi connectivity index (χ4n) is 1.66. The second-order valence-electron chi connectivity index (χ2n) is 4.05. The lowest BCUT2D eigenvalue weighted by Gasteiger charge is -2.10. The van der Waals surface area contributed by atoms with E-state index in [1.165, 1.54) is 30.3 Å². The van der Waals surface area contributed by atoms with Gasteiger partial charge in [-0.3, -0.25) is 10.1 Å². The van der Waals surface area contributed by atoms with E-state index in [-0.39, 0.29) is 21.4 Å². The number of rotatable bonds is 4. The van der Waals surface area contributed by atoms with Crippen molar-refractivity contribution in [2.45, 2.75) is 0 Å². The van der Waals surface area contributed by atoms with E-state index in [1.54, 1.807) is 0 Å². The molecule has 6 nitrogen and oxygen atoms in total. The fraction of sp³-hybridized carbons (Fsp3) is 0. The minimum atomic E-state index is -1.30. The molecule has 0 aromatic heterocycles. The number of carboxylic acids is 1. The second kappa shape index (κ2) is 5.88. The number of hydrogen-bond acceptors (Lipinski definition) is 4. The van der Waals surface area contributed by atoms with Gasteiger partial charge in [-0.05, 0) is 40.2 Å². The van der Waals surface area contributed by atoms with Crippen molar-refractivity contribution in [2.24, 2.45) is 0 Å². The van der Waals surface area contributed by atoms with Crippen molar-refractivity contribution < 1.29 is 19.2 Å². The molecule has 0 amide bonds. The van der Waals surface area contributed by atoms with Crippen LogP contribution in [0, 0.1) is 15.9 Å². The molecule has 2 aromatic carbocycles. The molecular weight excluding hydrogens is 347 g/mol. The summed E-state index contributed by atoms with van der Waals surface area (Å²) in [6, 6.07) is 7.50. The molecule has 0 fully saturated rings. The molecular formula is C13H8BrFN2O4. The number of carbonyl (C=O) groups is 1. The van der Waals surface area contributed by atoms with Gasteiger partial charge in [0.25, 0.3) is 5.69 Å². The molecule has 0 radical (unpaired) electrons. The Kier molecular flexibility index (Phi) is 4.18. The number of halogens is 2. The van der Waals surface area contributed by atoms with Crippen molar-refractivity contribution in [3.8, 4) is 0 Å². The maximum Gasteiger partial charge on any atom is 0.338 e. The highest BCUT2D eigenvalue weighted by Crippen LogP contribution is 2.27. The number of carboxylic acid groups (broad SMARTS) is 1. The predicted molar refractivity (Wildman–Crippen MR) is 77.4 cm³/mol. The zero-order chi connectivity index (χ0) is 15.6. The van der Waals surface area contributed by atoms with E-state index < -0.39 is 16.7 Å². The second-order valence-corrected chi connectivity index (χ2v) is 4.90. The summed E-state index contributed by atoms with van der Waals surface area (Å²) in [7, 11) is 0. The molecule has 0 aliphatic carbocycles. The fourth-order valence-corrected chi connectivity index (χ4v) is 2.04. The van der Waals surface area contributed by atoms with E-state index in [0.717, 1.165) is 6.07 Å². The zero-order valence-corrected chi connectivity index (χ0v) is 11.9. The minimum Gasteiger partial charge on any atom is -0.478 e. The average Bonchev–Trinajstić information content (AvgIpc) is 2.43. The first kappa shape index (κ1) is 14.9. The Labute approximate surface area is 126 Å². The molecule has 0 unspecified atom stereocenters. The summed E-state index contributed by atoms with van der Waals surface area (Å²) < 4.78 is 13.4. The third-order valence-corrected chi connectivity index (χ3v) is 3.25. The lowest BCUT2D eigenvalue weighted by molar-refractivity contribution is -0.384. The smallest absolute Gasteiger partial charge is 0.338 e. The van der Waals surface area contributed by atoms with Crippen LogP contribution in [-0.2, 0) is 0 Å². The van der Waals surface area contributed by atoms with Gasteiger partial charge in [0.05, 0.1) is 20.6 Å². The molecule has 0 spiro atoms. The monoisotopic (exact) mass is 354 g/mol. The molecule has 108 valence electrons. The van der Waals surface area contributed by atoms with Gasteiger partial charge in [-0.25, -0.2) is 9.18 Å². The van der Waals surface area contributed by atoms with Crippen molar-refractivity contribution >= 4 is 39.0 Å². The van der Waals surface area contributed by atoms with Gasteiger partial charge in [-0.2, -0.15) is 0 Å². The van der Waals surface area contributed by atoms with E-state index in [2.05, 4.69) is 21.2 Å². The van der Waals surface area contributed by atoms with Gasteiger partial charge in [-0.1, -0.05) is 0 Å². The summed E-state index contributed by atoms with van der Waals surface area (Å²) in [5, 5.41) is 22.6. The van der Waals surface area contributed by atoms with Gasteiger partial charge in [0.1, 0.15) is 5.82 Å². The number of benzene rings is 2. The van der Waals surface area contributed by atoms with Gasteiger partial charge in [0.2, 0.25) is 0 Å². The minimum absolute atomic E-state index is 0.173. The van der Waals surface area contributed by atoms with Crippen LogP contribution in [0.15, 0.2) is 40.9 Å². The number of nitrogens with one attached hydrogen (secondary N) is 1. The average molecular weight is 355 g/mol. The molecule has 2 aromatic rings. The maximum atomic E-state index is 13.1. The molecule has 0 aliphatic rings. The van der Waals surface area contributed by atoms with Crippen LogP contribution in [0.5, 0.6) is 0 Å². The van der Waals surface area contributed by atoms with Crippen LogP contribution >= 0.6 is 15.9 Å². The summed E-state index contributed by atoms with van der Waals surface area (Å²) in [5.41, 5.74) is 0.0501. The molecule has 0 aliphatic heterocycles. The number of non-ortho nitro benzene ring substituents is 1. The van der Waals surface area contributed by atoms with Gasteiger partial charge >= 0.3 is 5.97 Å². The van der Waals surface area contributed by atoms with Crippen LogP contribution < -0.4 is 5.32 Å². The molecule has 0 saturated carbocycles. The van der Waals surface area contributed by atoms with Crippen LogP contribution in [0.4, 0.5) is 21.5 Å². The predicted octanol–water partition coefficient (Wildman–Crippen LogP) is 3.94. The van der Waals surface area contributed by atoms with E-state index in [4.69, 9.17) is 5.11 Å². The van der Waals surface area contributed by atoms with Gasteiger partial charge in [-0.15, -0.1) is 0 Å². The van der Waals surface area contributed by atoms with Crippen LogP contribution in [0.25, 0.3) is 0 Å². The first-order chi connectivity index (χ1) is 9.88. The molecule has 0 heterocycles.